The lowest BCUT2D eigenvalue weighted by Gasteiger charge is -2.45. The summed E-state index contributed by atoms with van der Waals surface area (Å²) in [4.78, 5) is 2.44. The maximum absolute atomic E-state index is 9.78. The number of phenols is 1. The van der Waals surface area contributed by atoms with Gasteiger partial charge in [0, 0.05) is 45.0 Å². The third-order valence-electron chi connectivity index (χ3n) is 5.12. The Labute approximate surface area is 134 Å². The molecule has 1 aliphatic rings. The largest absolute Gasteiger partial charge is 0.508 e. The van der Waals surface area contributed by atoms with E-state index in [2.05, 4.69) is 24.8 Å². The topological polar surface area (TPSA) is 41.9 Å². The zero-order valence-electron chi connectivity index (χ0n) is 14.2. The van der Waals surface area contributed by atoms with Gasteiger partial charge in [0.1, 0.15) is 5.75 Å². The van der Waals surface area contributed by atoms with Gasteiger partial charge >= 0.3 is 0 Å². The summed E-state index contributed by atoms with van der Waals surface area (Å²) in [6, 6.07) is 8.02. The molecule has 1 aliphatic heterocycles. The Balaban J connectivity index is 2.15. The molecule has 3 unspecified atom stereocenters. The number of rotatable bonds is 6. The molecule has 0 bridgehead atoms. The lowest BCUT2D eigenvalue weighted by atomic mass is 9.80. The van der Waals surface area contributed by atoms with Crippen LogP contribution < -0.4 is 4.90 Å². The Morgan fingerprint density at radius 2 is 2.00 bits per heavy atom. The molecular formula is C18H29NO3. The molecule has 1 fully saturated rings. The molecule has 22 heavy (non-hydrogen) atoms. The van der Waals surface area contributed by atoms with Crippen molar-refractivity contribution in [1.29, 1.82) is 0 Å². The third-order valence-corrected chi connectivity index (χ3v) is 5.12. The van der Waals surface area contributed by atoms with E-state index in [-0.39, 0.29) is 6.29 Å². The van der Waals surface area contributed by atoms with Gasteiger partial charge in [-0.3, -0.25) is 0 Å². The second kappa shape index (κ2) is 7.84. The number of ether oxygens (including phenoxy) is 2. The highest BCUT2D eigenvalue weighted by atomic mass is 16.7. The number of nitrogens with zero attached hydrogens (tertiary/aromatic N) is 1. The molecule has 1 N–H and O–H groups in total. The van der Waals surface area contributed by atoms with Crippen LogP contribution in [-0.4, -0.2) is 38.2 Å². The molecule has 124 valence electrons. The fourth-order valence-electron chi connectivity index (χ4n) is 3.48. The molecule has 4 nitrogen and oxygen atoms in total. The molecule has 1 aromatic rings. The third kappa shape index (κ3) is 3.93. The first-order valence-corrected chi connectivity index (χ1v) is 8.18. The number of piperidine rings is 1. The van der Waals surface area contributed by atoms with Gasteiger partial charge in [0.25, 0.3) is 0 Å². The first-order chi connectivity index (χ1) is 10.6. The van der Waals surface area contributed by atoms with E-state index in [0.29, 0.717) is 23.6 Å². The Morgan fingerprint density at radius 3 is 2.64 bits per heavy atom. The van der Waals surface area contributed by atoms with Crippen LogP contribution in [0.1, 0.15) is 33.1 Å². The van der Waals surface area contributed by atoms with E-state index >= 15 is 0 Å². The average molecular weight is 307 g/mol. The average Bonchev–Trinajstić information content (AvgIpc) is 2.52. The van der Waals surface area contributed by atoms with Crippen molar-refractivity contribution >= 4 is 5.69 Å². The van der Waals surface area contributed by atoms with Gasteiger partial charge in [-0.1, -0.05) is 19.9 Å². The summed E-state index contributed by atoms with van der Waals surface area (Å²) in [5.74, 6) is 1.64. The Bertz CT molecular complexity index is 461. The fraction of sp³-hybridized carbons (Fsp3) is 0.667. The minimum absolute atomic E-state index is 0.143. The highest BCUT2D eigenvalue weighted by molar-refractivity contribution is 5.51. The second-order valence-electron chi connectivity index (χ2n) is 6.38. The van der Waals surface area contributed by atoms with Crippen LogP contribution in [0.2, 0.25) is 0 Å². The minimum Gasteiger partial charge on any atom is -0.508 e. The summed E-state index contributed by atoms with van der Waals surface area (Å²) in [7, 11) is 3.38. The minimum atomic E-state index is -0.143. The monoisotopic (exact) mass is 307 g/mol. The van der Waals surface area contributed by atoms with E-state index < -0.39 is 0 Å². The van der Waals surface area contributed by atoms with Crippen LogP contribution in [0.5, 0.6) is 5.75 Å². The molecule has 3 atom stereocenters. The maximum Gasteiger partial charge on any atom is 0.156 e. The molecule has 4 heteroatoms. The molecule has 0 amide bonds. The Morgan fingerprint density at radius 1 is 1.27 bits per heavy atom. The van der Waals surface area contributed by atoms with Crippen LogP contribution in [0.3, 0.4) is 0 Å². The van der Waals surface area contributed by atoms with Crippen molar-refractivity contribution in [1.82, 2.24) is 0 Å². The number of benzene rings is 1. The van der Waals surface area contributed by atoms with E-state index in [9.17, 15) is 5.11 Å². The van der Waals surface area contributed by atoms with Crippen molar-refractivity contribution in [2.75, 3.05) is 25.7 Å². The number of phenolic OH excluding ortho intramolecular Hbond substituents is 1. The van der Waals surface area contributed by atoms with Gasteiger partial charge < -0.3 is 19.5 Å². The molecule has 0 aromatic heterocycles. The predicted molar refractivity (Wildman–Crippen MR) is 89.2 cm³/mol. The van der Waals surface area contributed by atoms with Gasteiger partial charge in [0.2, 0.25) is 0 Å². The van der Waals surface area contributed by atoms with Gasteiger partial charge in [-0.25, -0.2) is 0 Å². The number of aromatic hydroxyl groups is 1. The highest BCUT2D eigenvalue weighted by Gasteiger charge is 2.33. The van der Waals surface area contributed by atoms with Crippen LogP contribution in [0, 0.1) is 11.8 Å². The van der Waals surface area contributed by atoms with Gasteiger partial charge in [0.05, 0.1) is 0 Å². The van der Waals surface area contributed by atoms with Crippen molar-refractivity contribution < 1.29 is 14.6 Å². The second-order valence-corrected chi connectivity index (χ2v) is 6.38. The standard InChI is InChI=1S/C18H29NO3/c1-13-10-11-19(15-6-5-7-16(20)12-15)17(14(13)2)8-9-18(21-3)22-4/h5-7,12-14,17-18,20H,8-11H2,1-4H3. The highest BCUT2D eigenvalue weighted by Crippen LogP contribution is 2.35. The van der Waals surface area contributed by atoms with Crippen molar-refractivity contribution in [2.45, 2.75) is 45.4 Å². The first kappa shape index (κ1) is 17.1. The van der Waals surface area contributed by atoms with Crippen molar-refractivity contribution in [2.24, 2.45) is 11.8 Å². The van der Waals surface area contributed by atoms with E-state index in [0.717, 1.165) is 25.1 Å². The summed E-state index contributed by atoms with van der Waals surface area (Å²) >= 11 is 0. The molecule has 2 rings (SSSR count). The molecule has 1 aromatic carbocycles. The molecule has 0 radical (unpaired) electrons. The summed E-state index contributed by atoms with van der Waals surface area (Å²) < 4.78 is 10.7. The smallest absolute Gasteiger partial charge is 0.156 e. The summed E-state index contributed by atoms with van der Waals surface area (Å²) in [6.45, 7) is 5.70. The van der Waals surface area contributed by atoms with Gasteiger partial charge in [-0.2, -0.15) is 0 Å². The number of anilines is 1. The predicted octanol–water partition coefficient (Wildman–Crippen LogP) is 3.64. The molecule has 0 aliphatic carbocycles. The van der Waals surface area contributed by atoms with Crippen molar-refractivity contribution in [3.05, 3.63) is 24.3 Å². The van der Waals surface area contributed by atoms with Gasteiger partial charge in [-0.05, 0) is 36.8 Å². The van der Waals surface area contributed by atoms with Crippen LogP contribution >= 0.6 is 0 Å². The maximum atomic E-state index is 9.78. The molecule has 0 spiro atoms. The zero-order chi connectivity index (χ0) is 16.1. The van der Waals surface area contributed by atoms with E-state index in [1.165, 1.54) is 6.42 Å². The van der Waals surface area contributed by atoms with E-state index in [1.54, 1.807) is 20.3 Å². The molecule has 0 saturated carbocycles. The Hall–Kier alpha value is -1.26. The lowest BCUT2D eigenvalue weighted by molar-refractivity contribution is -0.108. The molecule has 1 heterocycles. The summed E-state index contributed by atoms with van der Waals surface area (Å²) in [5, 5.41) is 9.78. The van der Waals surface area contributed by atoms with Crippen molar-refractivity contribution in [3.63, 3.8) is 0 Å². The fourth-order valence-corrected chi connectivity index (χ4v) is 3.48. The van der Waals surface area contributed by atoms with Crippen molar-refractivity contribution in [3.8, 4) is 5.75 Å². The summed E-state index contributed by atoms with van der Waals surface area (Å²) in [5.41, 5.74) is 1.11. The van der Waals surface area contributed by atoms with Crippen LogP contribution in [-0.2, 0) is 9.47 Å². The van der Waals surface area contributed by atoms with E-state index in [4.69, 9.17) is 9.47 Å². The first-order valence-electron chi connectivity index (χ1n) is 8.18. The van der Waals surface area contributed by atoms with Gasteiger partial charge in [0.15, 0.2) is 6.29 Å². The van der Waals surface area contributed by atoms with Crippen LogP contribution in [0.4, 0.5) is 5.69 Å². The van der Waals surface area contributed by atoms with E-state index in [1.807, 2.05) is 12.1 Å². The number of hydrogen-bond acceptors (Lipinski definition) is 4. The van der Waals surface area contributed by atoms with Crippen LogP contribution in [0.25, 0.3) is 0 Å². The molecule has 1 saturated heterocycles. The van der Waals surface area contributed by atoms with Crippen LogP contribution in [0.15, 0.2) is 24.3 Å². The zero-order valence-corrected chi connectivity index (χ0v) is 14.2. The number of hydrogen-bond donors (Lipinski definition) is 1. The summed E-state index contributed by atoms with van der Waals surface area (Å²) in [6.07, 6.45) is 2.94. The number of methoxy groups -OCH3 is 2. The van der Waals surface area contributed by atoms with Gasteiger partial charge in [-0.15, -0.1) is 0 Å². The quantitative estimate of drug-likeness (QED) is 0.815. The normalized spacial score (nSPS) is 25.7. The Kier molecular flexibility index (Phi) is 6.09. The SMILES string of the molecule is COC(CCC1C(C)C(C)CCN1c1cccc(O)c1)OC. The lowest BCUT2D eigenvalue weighted by Crippen LogP contribution is -2.48. The molecular weight excluding hydrogens is 278 g/mol.